The Balaban J connectivity index is 2.00. The van der Waals surface area contributed by atoms with E-state index in [0.29, 0.717) is 13.1 Å². The Labute approximate surface area is 114 Å². The van der Waals surface area contributed by atoms with Crippen LogP contribution in [0.15, 0.2) is 18.2 Å². The van der Waals surface area contributed by atoms with E-state index in [-0.39, 0.29) is 11.5 Å². The summed E-state index contributed by atoms with van der Waals surface area (Å²) in [4.78, 5) is 13.1. The molecule has 1 amide bonds. The number of hydrogen-bond donors (Lipinski definition) is 1. The van der Waals surface area contributed by atoms with Crippen molar-refractivity contribution in [1.29, 1.82) is 0 Å². The van der Waals surface area contributed by atoms with Crippen LogP contribution >= 0.6 is 0 Å². The molecule has 0 atom stereocenters. The van der Waals surface area contributed by atoms with Crippen LogP contribution in [0.3, 0.4) is 0 Å². The quantitative estimate of drug-likeness (QED) is 0.895. The van der Waals surface area contributed by atoms with Crippen molar-refractivity contribution in [1.82, 2.24) is 10.2 Å². The Morgan fingerprint density at radius 3 is 2.84 bits per heavy atom. The van der Waals surface area contributed by atoms with Crippen LogP contribution in [-0.4, -0.2) is 37.0 Å². The Hall–Kier alpha value is -1.55. The lowest BCUT2D eigenvalue weighted by Crippen LogP contribution is -2.32. The molecule has 1 aromatic rings. The summed E-state index contributed by atoms with van der Waals surface area (Å²) in [6.07, 6.45) is 0.937. The second kappa shape index (κ2) is 5.21. The smallest absolute Gasteiger partial charge is 0.236 e. The third-order valence-electron chi connectivity index (χ3n) is 3.26. The largest absolute Gasteiger partial charge is 0.487 e. The van der Waals surface area contributed by atoms with Crippen molar-refractivity contribution >= 4 is 5.91 Å². The highest BCUT2D eigenvalue weighted by Crippen LogP contribution is 2.37. The van der Waals surface area contributed by atoms with Gasteiger partial charge in [-0.25, -0.2) is 0 Å². The van der Waals surface area contributed by atoms with Gasteiger partial charge in [0.15, 0.2) is 0 Å². The molecule has 0 saturated carbocycles. The van der Waals surface area contributed by atoms with E-state index in [1.807, 2.05) is 12.1 Å². The van der Waals surface area contributed by atoms with Crippen LogP contribution in [0.5, 0.6) is 5.75 Å². The second-order valence-corrected chi connectivity index (χ2v) is 5.84. The predicted molar refractivity (Wildman–Crippen MR) is 75.3 cm³/mol. The summed E-state index contributed by atoms with van der Waals surface area (Å²) in [7, 11) is 3.52. The number of nitrogens with zero attached hydrogens (tertiary/aromatic N) is 1. The van der Waals surface area contributed by atoms with Crippen LogP contribution in [0.4, 0.5) is 0 Å². The first kappa shape index (κ1) is 13.9. The minimum Gasteiger partial charge on any atom is -0.487 e. The number of hydrogen-bond acceptors (Lipinski definition) is 3. The van der Waals surface area contributed by atoms with Crippen LogP contribution in [0.25, 0.3) is 0 Å². The number of fused-ring (bicyclic) bond motifs is 1. The minimum atomic E-state index is -0.127. The number of rotatable bonds is 4. The van der Waals surface area contributed by atoms with E-state index >= 15 is 0 Å². The van der Waals surface area contributed by atoms with Crippen molar-refractivity contribution < 1.29 is 9.53 Å². The lowest BCUT2D eigenvalue weighted by Gasteiger charge is -2.18. The van der Waals surface area contributed by atoms with Gasteiger partial charge in [-0.1, -0.05) is 18.2 Å². The molecule has 1 heterocycles. The van der Waals surface area contributed by atoms with Gasteiger partial charge >= 0.3 is 0 Å². The summed E-state index contributed by atoms with van der Waals surface area (Å²) >= 11 is 0. The summed E-state index contributed by atoms with van der Waals surface area (Å²) in [5.41, 5.74) is 2.25. The molecule has 104 valence electrons. The van der Waals surface area contributed by atoms with Crippen LogP contribution in [0.2, 0.25) is 0 Å². The van der Waals surface area contributed by atoms with E-state index < -0.39 is 0 Å². The lowest BCUT2D eigenvalue weighted by molar-refractivity contribution is -0.127. The Bertz CT molecular complexity index is 481. The van der Waals surface area contributed by atoms with E-state index in [1.165, 1.54) is 5.56 Å². The molecule has 1 N–H and O–H groups in total. The predicted octanol–water partition coefficient (Wildman–Crippen LogP) is 1.58. The minimum absolute atomic E-state index is 0.0776. The summed E-state index contributed by atoms with van der Waals surface area (Å²) in [5, 5.41) is 3.17. The van der Waals surface area contributed by atoms with Crippen molar-refractivity contribution in [2.45, 2.75) is 32.4 Å². The van der Waals surface area contributed by atoms with E-state index in [1.54, 1.807) is 19.0 Å². The number of likely N-dealkylation sites (N-methyl/N-ethyl adjacent to an activating group) is 1. The highest BCUT2D eigenvalue weighted by Gasteiger charge is 2.31. The molecule has 1 aromatic carbocycles. The molecule has 0 unspecified atom stereocenters. The number of amides is 1. The molecule has 0 spiro atoms. The first-order valence-corrected chi connectivity index (χ1v) is 6.60. The number of ether oxygens (including phenoxy) is 1. The molecule has 1 aliphatic rings. The molecule has 4 heteroatoms. The molecule has 0 radical (unpaired) electrons. The van der Waals surface area contributed by atoms with Gasteiger partial charge in [0.1, 0.15) is 11.4 Å². The Morgan fingerprint density at radius 2 is 2.16 bits per heavy atom. The zero-order valence-corrected chi connectivity index (χ0v) is 12.1. The summed E-state index contributed by atoms with van der Waals surface area (Å²) < 4.78 is 6.00. The Kier molecular flexibility index (Phi) is 3.80. The van der Waals surface area contributed by atoms with E-state index in [2.05, 4.69) is 25.2 Å². The average Bonchev–Trinajstić information content (AvgIpc) is 2.63. The summed E-state index contributed by atoms with van der Waals surface area (Å²) in [6.45, 7) is 5.19. The maximum absolute atomic E-state index is 11.5. The monoisotopic (exact) mass is 262 g/mol. The van der Waals surface area contributed by atoms with E-state index in [4.69, 9.17) is 4.74 Å². The number of para-hydroxylation sites is 1. The molecule has 1 aliphatic heterocycles. The fraction of sp³-hybridized carbons (Fsp3) is 0.533. The highest BCUT2D eigenvalue weighted by atomic mass is 16.5. The van der Waals surface area contributed by atoms with Gasteiger partial charge in [-0.15, -0.1) is 0 Å². The second-order valence-electron chi connectivity index (χ2n) is 5.84. The van der Waals surface area contributed by atoms with Gasteiger partial charge in [-0.05, 0) is 19.4 Å². The van der Waals surface area contributed by atoms with Crippen LogP contribution in [-0.2, 0) is 17.8 Å². The van der Waals surface area contributed by atoms with Gasteiger partial charge < -0.3 is 15.0 Å². The maximum atomic E-state index is 11.5. The first-order valence-electron chi connectivity index (χ1n) is 6.60. The van der Waals surface area contributed by atoms with Gasteiger partial charge in [-0.2, -0.15) is 0 Å². The van der Waals surface area contributed by atoms with Gasteiger partial charge in [0.2, 0.25) is 5.91 Å². The molecular weight excluding hydrogens is 240 g/mol. The molecule has 4 nitrogen and oxygen atoms in total. The molecule has 0 bridgehead atoms. The Morgan fingerprint density at radius 1 is 1.42 bits per heavy atom. The molecular formula is C15H22N2O2. The normalized spacial score (nSPS) is 15.8. The van der Waals surface area contributed by atoms with Gasteiger partial charge in [-0.3, -0.25) is 4.79 Å². The third-order valence-corrected chi connectivity index (χ3v) is 3.26. The topological polar surface area (TPSA) is 41.6 Å². The summed E-state index contributed by atoms with van der Waals surface area (Å²) in [6, 6.07) is 6.21. The van der Waals surface area contributed by atoms with Gasteiger partial charge in [0.25, 0.3) is 0 Å². The van der Waals surface area contributed by atoms with Gasteiger partial charge in [0.05, 0.1) is 6.54 Å². The summed E-state index contributed by atoms with van der Waals surface area (Å²) in [5.74, 6) is 1.06. The number of carbonyl (C=O) groups excluding carboxylic acids is 1. The molecule has 0 saturated heterocycles. The molecule has 0 aromatic heterocycles. The first-order chi connectivity index (χ1) is 8.89. The average molecular weight is 262 g/mol. The zero-order valence-electron chi connectivity index (χ0n) is 12.1. The van der Waals surface area contributed by atoms with Crippen molar-refractivity contribution in [3.8, 4) is 5.75 Å². The fourth-order valence-electron chi connectivity index (χ4n) is 2.28. The number of nitrogens with one attached hydrogen (secondary N) is 1. The van der Waals surface area contributed by atoms with E-state index in [9.17, 15) is 4.79 Å². The van der Waals surface area contributed by atoms with Crippen LogP contribution < -0.4 is 10.1 Å². The highest BCUT2D eigenvalue weighted by molar-refractivity contribution is 5.77. The standard InChI is InChI=1S/C15H22N2O2/c1-15(2)8-11-6-5-7-12(14(11)19-15)9-16-10-13(18)17(3)4/h5-7,16H,8-10H2,1-4H3. The van der Waals surface area contributed by atoms with Crippen molar-refractivity contribution in [3.05, 3.63) is 29.3 Å². The van der Waals surface area contributed by atoms with Crippen LogP contribution in [0, 0.1) is 0 Å². The third kappa shape index (κ3) is 3.26. The maximum Gasteiger partial charge on any atom is 0.236 e. The molecule has 0 aliphatic carbocycles. The molecule has 2 rings (SSSR count). The SMILES string of the molecule is CN(C)C(=O)CNCc1cccc2c1OC(C)(C)C2. The number of benzene rings is 1. The van der Waals surface area contributed by atoms with Crippen molar-refractivity contribution in [3.63, 3.8) is 0 Å². The van der Waals surface area contributed by atoms with Gasteiger partial charge in [0, 0.05) is 32.6 Å². The van der Waals surface area contributed by atoms with E-state index in [0.717, 1.165) is 17.7 Å². The molecule has 19 heavy (non-hydrogen) atoms. The number of carbonyl (C=O) groups is 1. The molecule has 0 fully saturated rings. The zero-order chi connectivity index (χ0) is 14.0. The van der Waals surface area contributed by atoms with Crippen molar-refractivity contribution in [2.75, 3.05) is 20.6 Å². The van der Waals surface area contributed by atoms with Crippen LogP contribution in [0.1, 0.15) is 25.0 Å². The van der Waals surface area contributed by atoms with Crippen molar-refractivity contribution in [2.24, 2.45) is 0 Å². The lowest BCUT2D eigenvalue weighted by atomic mass is 10.0. The fourth-order valence-corrected chi connectivity index (χ4v) is 2.28.